The van der Waals surface area contributed by atoms with E-state index in [2.05, 4.69) is 15.3 Å². The number of amides is 1. The first-order chi connectivity index (χ1) is 11.6. The van der Waals surface area contributed by atoms with Crippen molar-refractivity contribution in [3.63, 3.8) is 0 Å². The molecule has 0 saturated heterocycles. The maximum absolute atomic E-state index is 12.6. The number of aromatic nitrogens is 2. The quantitative estimate of drug-likeness (QED) is 0.581. The summed E-state index contributed by atoms with van der Waals surface area (Å²) in [4.78, 5) is 22.6. The maximum atomic E-state index is 12.6. The van der Waals surface area contributed by atoms with Crippen LogP contribution in [0.15, 0.2) is 48.7 Å². The van der Waals surface area contributed by atoms with Crippen LogP contribution in [0.3, 0.4) is 0 Å². The number of rotatable bonds is 2. The summed E-state index contributed by atoms with van der Waals surface area (Å²) in [5, 5.41) is 4.65. The van der Waals surface area contributed by atoms with Crippen molar-refractivity contribution < 1.29 is 4.79 Å². The Hall–Kier alpha value is -2.99. The highest BCUT2D eigenvalue weighted by Gasteiger charge is 2.17. The minimum Gasteiger partial charge on any atom is -0.397 e. The molecule has 24 heavy (non-hydrogen) atoms. The molecule has 0 aliphatic carbocycles. The number of pyridine rings is 2. The smallest absolute Gasteiger partial charge is 0.267 e. The summed E-state index contributed by atoms with van der Waals surface area (Å²) in [6.45, 7) is 1.91. The third-order valence-electron chi connectivity index (χ3n) is 3.79. The normalized spacial score (nSPS) is 11.0. The lowest BCUT2D eigenvalue weighted by Gasteiger charge is -2.05. The molecule has 0 fully saturated rings. The van der Waals surface area contributed by atoms with E-state index < -0.39 is 0 Å². The maximum Gasteiger partial charge on any atom is 0.267 e. The Morgan fingerprint density at radius 1 is 1.21 bits per heavy atom. The molecule has 3 heterocycles. The summed E-state index contributed by atoms with van der Waals surface area (Å²) in [7, 11) is 0. The molecule has 3 aromatic heterocycles. The summed E-state index contributed by atoms with van der Waals surface area (Å²) in [6, 6.07) is 13.4. The molecule has 0 saturated carbocycles. The average molecular weight is 334 g/mol. The van der Waals surface area contributed by atoms with Gasteiger partial charge in [-0.25, -0.2) is 4.98 Å². The standard InChI is InChI=1S/C18H14N4OS/c1-10-6-7-13-15(19)16(24-18(13)21-10)17(23)22-12-8-11-4-2-3-5-14(11)20-9-12/h2-9H,19H2,1H3,(H,22,23). The predicted molar refractivity (Wildman–Crippen MR) is 98.5 cm³/mol. The molecule has 4 rings (SSSR count). The van der Waals surface area contributed by atoms with E-state index in [-0.39, 0.29) is 5.91 Å². The first-order valence-electron chi connectivity index (χ1n) is 7.43. The van der Waals surface area contributed by atoms with Crippen molar-refractivity contribution in [2.24, 2.45) is 0 Å². The number of nitrogens with one attached hydrogen (secondary N) is 1. The van der Waals surface area contributed by atoms with Crippen LogP contribution in [0, 0.1) is 6.92 Å². The molecule has 118 valence electrons. The number of nitrogen functional groups attached to an aromatic ring is 1. The highest BCUT2D eigenvalue weighted by Crippen LogP contribution is 2.33. The van der Waals surface area contributed by atoms with Gasteiger partial charge in [0.1, 0.15) is 9.71 Å². The summed E-state index contributed by atoms with van der Waals surface area (Å²) in [5.74, 6) is -0.245. The first kappa shape index (κ1) is 14.6. The Balaban J connectivity index is 1.69. The van der Waals surface area contributed by atoms with Crippen molar-refractivity contribution in [1.82, 2.24) is 9.97 Å². The molecule has 1 amide bonds. The Labute approximate surface area is 142 Å². The zero-order chi connectivity index (χ0) is 16.7. The van der Waals surface area contributed by atoms with Crippen LogP contribution in [0.5, 0.6) is 0 Å². The fraction of sp³-hybridized carbons (Fsp3) is 0.0556. The fourth-order valence-corrected chi connectivity index (χ4v) is 3.62. The molecule has 0 aliphatic rings. The average Bonchev–Trinajstić information content (AvgIpc) is 2.91. The summed E-state index contributed by atoms with van der Waals surface area (Å²) in [6.07, 6.45) is 1.64. The first-order valence-corrected chi connectivity index (χ1v) is 8.25. The van der Waals surface area contributed by atoms with Crippen LogP contribution in [0.2, 0.25) is 0 Å². The Morgan fingerprint density at radius 3 is 2.92 bits per heavy atom. The number of carbonyl (C=O) groups excluding carboxylic acids is 1. The number of hydrogen-bond donors (Lipinski definition) is 2. The van der Waals surface area contributed by atoms with E-state index >= 15 is 0 Å². The molecule has 5 nitrogen and oxygen atoms in total. The number of para-hydroxylation sites is 1. The number of fused-ring (bicyclic) bond motifs is 2. The van der Waals surface area contributed by atoms with Crippen molar-refractivity contribution in [3.8, 4) is 0 Å². The third kappa shape index (κ3) is 2.47. The zero-order valence-corrected chi connectivity index (χ0v) is 13.7. The van der Waals surface area contributed by atoms with Crippen LogP contribution in [-0.2, 0) is 0 Å². The number of thiophene rings is 1. The van der Waals surface area contributed by atoms with E-state index in [1.807, 2.05) is 49.4 Å². The molecule has 0 aliphatic heterocycles. The van der Waals surface area contributed by atoms with Crippen LogP contribution in [0.4, 0.5) is 11.4 Å². The van der Waals surface area contributed by atoms with Crippen LogP contribution in [0.1, 0.15) is 15.4 Å². The van der Waals surface area contributed by atoms with Crippen molar-refractivity contribution in [3.05, 3.63) is 59.2 Å². The Kier molecular flexibility index (Phi) is 3.39. The second-order valence-electron chi connectivity index (χ2n) is 5.52. The van der Waals surface area contributed by atoms with E-state index in [4.69, 9.17) is 5.73 Å². The van der Waals surface area contributed by atoms with Crippen LogP contribution in [0.25, 0.3) is 21.1 Å². The number of benzene rings is 1. The molecule has 0 atom stereocenters. The SMILES string of the molecule is Cc1ccc2c(N)c(C(=O)Nc3cnc4ccccc4c3)sc2n1. The van der Waals surface area contributed by atoms with E-state index in [9.17, 15) is 4.79 Å². The molecular weight excluding hydrogens is 320 g/mol. The summed E-state index contributed by atoms with van der Waals surface area (Å²) < 4.78 is 0. The van der Waals surface area contributed by atoms with Crippen LogP contribution >= 0.6 is 11.3 Å². The van der Waals surface area contributed by atoms with Gasteiger partial charge in [0.15, 0.2) is 0 Å². The third-order valence-corrected chi connectivity index (χ3v) is 4.90. The zero-order valence-electron chi connectivity index (χ0n) is 12.9. The molecule has 0 unspecified atom stereocenters. The monoisotopic (exact) mass is 334 g/mol. The molecule has 0 radical (unpaired) electrons. The number of nitrogens with two attached hydrogens (primary N) is 1. The number of nitrogens with zero attached hydrogens (tertiary/aromatic N) is 2. The van der Waals surface area contributed by atoms with Gasteiger partial charge in [-0.2, -0.15) is 0 Å². The van der Waals surface area contributed by atoms with E-state index in [0.29, 0.717) is 16.3 Å². The lowest BCUT2D eigenvalue weighted by molar-refractivity contribution is 0.103. The van der Waals surface area contributed by atoms with Gasteiger partial charge in [-0.3, -0.25) is 9.78 Å². The van der Waals surface area contributed by atoms with Crippen molar-refractivity contribution in [2.75, 3.05) is 11.1 Å². The van der Waals surface area contributed by atoms with Gasteiger partial charge in [0.25, 0.3) is 5.91 Å². The lowest BCUT2D eigenvalue weighted by atomic mass is 10.2. The molecule has 4 aromatic rings. The molecule has 3 N–H and O–H groups in total. The van der Waals surface area contributed by atoms with Gasteiger partial charge in [0.05, 0.1) is 23.1 Å². The van der Waals surface area contributed by atoms with E-state index in [1.54, 1.807) is 6.20 Å². The van der Waals surface area contributed by atoms with Gasteiger partial charge in [0.2, 0.25) is 0 Å². The van der Waals surface area contributed by atoms with Gasteiger partial charge in [-0.15, -0.1) is 11.3 Å². The topological polar surface area (TPSA) is 80.9 Å². The number of aryl methyl sites for hydroxylation is 1. The van der Waals surface area contributed by atoms with Gasteiger partial charge < -0.3 is 11.1 Å². The molecular formula is C18H14N4OS. The van der Waals surface area contributed by atoms with Crippen LogP contribution < -0.4 is 11.1 Å². The second kappa shape index (κ2) is 5.58. The van der Waals surface area contributed by atoms with E-state index in [1.165, 1.54) is 11.3 Å². The highest BCUT2D eigenvalue weighted by atomic mass is 32.1. The lowest BCUT2D eigenvalue weighted by Crippen LogP contribution is -2.12. The summed E-state index contributed by atoms with van der Waals surface area (Å²) in [5.41, 5.74) is 9.02. The van der Waals surface area contributed by atoms with Crippen molar-refractivity contribution in [2.45, 2.75) is 6.92 Å². The van der Waals surface area contributed by atoms with Crippen molar-refractivity contribution in [1.29, 1.82) is 0 Å². The van der Waals surface area contributed by atoms with Gasteiger partial charge in [-0.05, 0) is 31.2 Å². The van der Waals surface area contributed by atoms with Gasteiger partial charge >= 0.3 is 0 Å². The number of carbonyl (C=O) groups is 1. The molecule has 0 spiro atoms. The largest absolute Gasteiger partial charge is 0.397 e. The second-order valence-corrected chi connectivity index (χ2v) is 6.52. The van der Waals surface area contributed by atoms with Gasteiger partial charge in [0, 0.05) is 16.5 Å². The Bertz CT molecular complexity index is 1090. The van der Waals surface area contributed by atoms with E-state index in [0.717, 1.165) is 26.8 Å². The minimum absolute atomic E-state index is 0.245. The molecule has 1 aromatic carbocycles. The van der Waals surface area contributed by atoms with Crippen molar-refractivity contribution >= 4 is 49.7 Å². The number of anilines is 2. The van der Waals surface area contributed by atoms with Crippen LogP contribution in [-0.4, -0.2) is 15.9 Å². The van der Waals surface area contributed by atoms with Gasteiger partial charge in [-0.1, -0.05) is 18.2 Å². The number of hydrogen-bond acceptors (Lipinski definition) is 5. The molecule has 0 bridgehead atoms. The highest BCUT2D eigenvalue weighted by molar-refractivity contribution is 7.21. The predicted octanol–water partition coefficient (Wildman–Crippen LogP) is 3.99. The fourth-order valence-electron chi connectivity index (χ4n) is 2.59. The Morgan fingerprint density at radius 2 is 2.04 bits per heavy atom. The summed E-state index contributed by atoms with van der Waals surface area (Å²) >= 11 is 1.30. The molecule has 6 heteroatoms. The minimum atomic E-state index is -0.245.